The minimum absolute atomic E-state index is 0.614. The fraction of sp³-hybridized carbons (Fsp3) is 0.467. The number of benzene rings is 1. The Balaban J connectivity index is 1.97. The van der Waals surface area contributed by atoms with Gasteiger partial charge in [-0.2, -0.15) is 4.98 Å². The number of nitrogens with two attached hydrogens (primary N) is 1. The van der Waals surface area contributed by atoms with E-state index >= 15 is 0 Å². The summed E-state index contributed by atoms with van der Waals surface area (Å²) in [5.74, 6) is 1.45. The lowest BCUT2D eigenvalue weighted by Crippen LogP contribution is -2.28. The lowest BCUT2D eigenvalue weighted by Gasteiger charge is -2.19. The molecule has 0 aliphatic carbocycles. The second-order valence-corrected chi connectivity index (χ2v) is 4.84. The second-order valence-electron chi connectivity index (χ2n) is 4.84. The van der Waals surface area contributed by atoms with Gasteiger partial charge in [0.2, 0.25) is 5.89 Å². The van der Waals surface area contributed by atoms with Crippen molar-refractivity contribution >= 4 is 0 Å². The highest BCUT2D eigenvalue weighted by Crippen LogP contribution is 2.09. The van der Waals surface area contributed by atoms with Crippen LogP contribution in [0.3, 0.4) is 0 Å². The van der Waals surface area contributed by atoms with Crippen LogP contribution in [-0.2, 0) is 19.5 Å². The average molecular weight is 274 g/mol. The van der Waals surface area contributed by atoms with E-state index in [1.54, 1.807) is 0 Å². The number of hydrogen-bond acceptors (Lipinski definition) is 5. The molecule has 2 aromatic rings. The maximum Gasteiger partial charge on any atom is 0.240 e. The van der Waals surface area contributed by atoms with Crippen molar-refractivity contribution in [1.82, 2.24) is 15.0 Å². The smallest absolute Gasteiger partial charge is 0.240 e. The van der Waals surface area contributed by atoms with E-state index in [4.69, 9.17) is 10.3 Å². The average Bonchev–Trinajstić information content (AvgIpc) is 2.88. The molecule has 2 rings (SSSR count). The number of hydrogen-bond donors (Lipinski definition) is 1. The van der Waals surface area contributed by atoms with Crippen molar-refractivity contribution < 1.29 is 4.52 Å². The van der Waals surface area contributed by atoms with Crippen LogP contribution in [0.1, 0.15) is 30.6 Å². The molecule has 0 atom stereocenters. The molecule has 0 unspecified atom stereocenters. The highest BCUT2D eigenvalue weighted by atomic mass is 16.5. The highest BCUT2D eigenvalue weighted by Gasteiger charge is 2.11. The number of aromatic nitrogens is 2. The monoisotopic (exact) mass is 274 g/mol. The van der Waals surface area contributed by atoms with E-state index in [-0.39, 0.29) is 0 Å². The quantitative estimate of drug-likeness (QED) is 0.797. The van der Waals surface area contributed by atoms with Gasteiger partial charge >= 0.3 is 0 Å². The van der Waals surface area contributed by atoms with Crippen molar-refractivity contribution in [2.24, 2.45) is 5.73 Å². The van der Waals surface area contributed by atoms with Gasteiger partial charge in [0, 0.05) is 26.1 Å². The van der Waals surface area contributed by atoms with Gasteiger partial charge in [-0.05, 0) is 12.0 Å². The van der Waals surface area contributed by atoms with Gasteiger partial charge in [-0.25, -0.2) is 0 Å². The Morgan fingerprint density at radius 3 is 2.70 bits per heavy atom. The summed E-state index contributed by atoms with van der Waals surface area (Å²) in [6, 6.07) is 10.3. The van der Waals surface area contributed by atoms with E-state index in [2.05, 4.69) is 34.1 Å². The van der Waals surface area contributed by atoms with Crippen molar-refractivity contribution in [1.29, 1.82) is 0 Å². The number of rotatable bonds is 8. The molecule has 0 saturated carbocycles. The standard InChI is InChI=1S/C15H22N4O/c1-2-6-14-17-15(20-18-14)12-19(10-9-16)11-13-7-4-3-5-8-13/h3-5,7-8H,2,6,9-12,16H2,1H3. The Kier molecular flexibility index (Phi) is 5.70. The Hall–Kier alpha value is -1.72. The third kappa shape index (κ3) is 4.43. The predicted octanol–water partition coefficient (Wildman–Crippen LogP) is 1.98. The molecule has 0 aliphatic rings. The van der Waals surface area contributed by atoms with E-state index in [1.807, 2.05) is 18.2 Å². The molecule has 0 spiro atoms. The molecule has 20 heavy (non-hydrogen) atoms. The third-order valence-electron chi connectivity index (χ3n) is 3.04. The van der Waals surface area contributed by atoms with Crippen LogP contribution in [0.4, 0.5) is 0 Å². The summed E-state index contributed by atoms with van der Waals surface area (Å²) >= 11 is 0. The lowest BCUT2D eigenvalue weighted by atomic mass is 10.2. The first-order chi connectivity index (χ1) is 9.81. The zero-order chi connectivity index (χ0) is 14.2. The molecule has 1 aromatic carbocycles. The first kappa shape index (κ1) is 14.7. The van der Waals surface area contributed by atoms with Crippen molar-refractivity contribution in [3.8, 4) is 0 Å². The fourth-order valence-corrected chi connectivity index (χ4v) is 2.11. The van der Waals surface area contributed by atoms with E-state index in [9.17, 15) is 0 Å². The van der Waals surface area contributed by atoms with Crippen LogP contribution in [0.15, 0.2) is 34.9 Å². The maximum absolute atomic E-state index is 5.68. The minimum Gasteiger partial charge on any atom is -0.338 e. The lowest BCUT2D eigenvalue weighted by molar-refractivity contribution is 0.224. The van der Waals surface area contributed by atoms with E-state index in [0.29, 0.717) is 19.0 Å². The first-order valence-electron chi connectivity index (χ1n) is 7.09. The van der Waals surface area contributed by atoms with Crippen LogP contribution >= 0.6 is 0 Å². The summed E-state index contributed by atoms with van der Waals surface area (Å²) in [6.45, 7) is 5.00. The number of nitrogens with zero attached hydrogens (tertiary/aromatic N) is 3. The molecule has 1 aromatic heterocycles. The fourth-order valence-electron chi connectivity index (χ4n) is 2.11. The molecule has 0 aliphatic heterocycles. The summed E-state index contributed by atoms with van der Waals surface area (Å²) < 4.78 is 5.29. The highest BCUT2D eigenvalue weighted by molar-refractivity contribution is 5.14. The van der Waals surface area contributed by atoms with Gasteiger partial charge in [0.1, 0.15) is 0 Å². The van der Waals surface area contributed by atoms with Crippen LogP contribution in [0.2, 0.25) is 0 Å². The van der Waals surface area contributed by atoms with Crippen molar-refractivity contribution in [2.75, 3.05) is 13.1 Å². The summed E-state index contributed by atoms with van der Waals surface area (Å²) in [7, 11) is 0. The summed E-state index contributed by atoms with van der Waals surface area (Å²) in [4.78, 5) is 6.62. The van der Waals surface area contributed by atoms with Gasteiger partial charge in [0.05, 0.1) is 6.54 Å². The van der Waals surface area contributed by atoms with Gasteiger partial charge < -0.3 is 10.3 Å². The third-order valence-corrected chi connectivity index (χ3v) is 3.04. The molecular formula is C15H22N4O. The van der Waals surface area contributed by atoms with E-state index in [1.165, 1.54) is 5.56 Å². The Morgan fingerprint density at radius 1 is 1.20 bits per heavy atom. The summed E-state index contributed by atoms with van der Waals surface area (Å²) in [5.41, 5.74) is 6.94. The zero-order valence-corrected chi connectivity index (χ0v) is 12.0. The first-order valence-corrected chi connectivity index (χ1v) is 7.09. The molecule has 0 bridgehead atoms. The Morgan fingerprint density at radius 2 is 2.00 bits per heavy atom. The zero-order valence-electron chi connectivity index (χ0n) is 12.0. The maximum atomic E-state index is 5.68. The molecule has 0 saturated heterocycles. The van der Waals surface area contributed by atoms with Gasteiger partial charge in [0.15, 0.2) is 5.82 Å². The predicted molar refractivity (Wildman–Crippen MR) is 77.9 cm³/mol. The van der Waals surface area contributed by atoms with Crippen molar-refractivity contribution in [2.45, 2.75) is 32.9 Å². The van der Waals surface area contributed by atoms with Crippen LogP contribution in [0, 0.1) is 0 Å². The van der Waals surface area contributed by atoms with Gasteiger partial charge in [-0.1, -0.05) is 42.4 Å². The Labute approximate surface area is 119 Å². The van der Waals surface area contributed by atoms with E-state index in [0.717, 1.165) is 31.8 Å². The molecule has 5 nitrogen and oxygen atoms in total. The van der Waals surface area contributed by atoms with Gasteiger partial charge in [-0.15, -0.1) is 0 Å². The van der Waals surface area contributed by atoms with Gasteiger partial charge in [-0.3, -0.25) is 4.90 Å². The Bertz CT molecular complexity index is 498. The largest absolute Gasteiger partial charge is 0.338 e. The second kappa shape index (κ2) is 7.77. The van der Waals surface area contributed by atoms with Crippen LogP contribution in [0.5, 0.6) is 0 Å². The molecule has 0 amide bonds. The SMILES string of the molecule is CCCc1noc(CN(CCN)Cc2ccccc2)n1. The topological polar surface area (TPSA) is 68.2 Å². The molecule has 1 heterocycles. The van der Waals surface area contributed by atoms with Crippen LogP contribution in [0.25, 0.3) is 0 Å². The van der Waals surface area contributed by atoms with Crippen LogP contribution < -0.4 is 5.73 Å². The number of aryl methyl sites for hydroxylation is 1. The van der Waals surface area contributed by atoms with Gasteiger partial charge in [0.25, 0.3) is 0 Å². The molecule has 108 valence electrons. The van der Waals surface area contributed by atoms with Crippen molar-refractivity contribution in [3.05, 3.63) is 47.6 Å². The van der Waals surface area contributed by atoms with Crippen LogP contribution in [-0.4, -0.2) is 28.1 Å². The molecule has 2 N–H and O–H groups in total. The molecule has 0 fully saturated rings. The van der Waals surface area contributed by atoms with Crippen molar-refractivity contribution in [3.63, 3.8) is 0 Å². The molecule has 0 radical (unpaired) electrons. The minimum atomic E-state index is 0.614. The normalized spacial score (nSPS) is 11.2. The summed E-state index contributed by atoms with van der Waals surface area (Å²) in [6.07, 6.45) is 1.88. The molecule has 5 heteroatoms. The van der Waals surface area contributed by atoms with E-state index < -0.39 is 0 Å². The summed E-state index contributed by atoms with van der Waals surface area (Å²) in [5, 5.41) is 3.98. The molecular weight excluding hydrogens is 252 g/mol.